The Balaban J connectivity index is 1.09. The number of rotatable bonds is 2. The van der Waals surface area contributed by atoms with Crippen LogP contribution in [0.3, 0.4) is 0 Å². The first-order valence-electron chi connectivity index (χ1n) is 12.9. The summed E-state index contributed by atoms with van der Waals surface area (Å²) in [6.45, 7) is 0. The lowest BCUT2D eigenvalue weighted by Crippen LogP contribution is -2.36. The van der Waals surface area contributed by atoms with Crippen molar-refractivity contribution in [2.75, 3.05) is 0 Å². The van der Waals surface area contributed by atoms with Crippen LogP contribution < -0.4 is 0 Å². The Hall–Kier alpha value is -0.780. The second-order valence-corrected chi connectivity index (χ2v) is 11.6. The Labute approximate surface area is 172 Å². The summed E-state index contributed by atoms with van der Waals surface area (Å²) in [5.41, 5.74) is 3.33. The molecular weight excluding hydrogens is 336 g/mol. The molecule has 4 fully saturated rings. The van der Waals surface area contributed by atoms with E-state index in [2.05, 4.69) is 24.3 Å². The van der Waals surface area contributed by atoms with E-state index in [9.17, 15) is 0 Å². The van der Waals surface area contributed by atoms with Crippen molar-refractivity contribution in [1.82, 2.24) is 0 Å². The van der Waals surface area contributed by atoms with Gasteiger partial charge in [-0.15, -0.1) is 0 Å². The van der Waals surface area contributed by atoms with E-state index in [-0.39, 0.29) is 0 Å². The van der Waals surface area contributed by atoms with Crippen molar-refractivity contribution >= 4 is 0 Å². The SMILES string of the molecule is c1ccc2c(c1)CCC(C1CCC3CCC(C4CC5CCCC5C4)CC3C1)C2. The molecular formula is C28H40. The third-order valence-corrected chi connectivity index (χ3v) is 10.4. The molecule has 0 aliphatic heterocycles. The highest BCUT2D eigenvalue weighted by Gasteiger charge is 2.44. The first kappa shape index (κ1) is 18.0. The van der Waals surface area contributed by atoms with E-state index in [0.29, 0.717) is 0 Å². The van der Waals surface area contributed by atoms with Crippen LogP contribution in [-0.2, 0) is 12.8 Å². The maximum absolute atomic E-state index is 2.42. The van der Waals surface area contributed by atoms with Gasteiger partial charge >= 0.3 is 0 Å². The maximum atomic E-state index is 2.42. The van der Waals surface area contributed by atoms with Crippen molar-refractivity contribution in [3.8, 4) is 0 Å². The van der Waals surface area contributed by atoms with Gasteiger partial charge in [-0.1, -0.05) is 43.5 Å². The Morgan fingerprint density at radius 3 is 1.71 bits per heavy atom. The maximum Gasteiger partial charge on any atom is -0.0245 e. The Morgan fingerprint density at radius 2 is 1.00 bits per heavy atom. The fourth-order valence-corrected chi connectivity index (χ4v) is 8.94. The zero-order chi connectivity index (χ0) is 18.5. The summed E-state index contributed by atoms with van der Waals surface area (Å²) >= 11 is 0. The molecule has 0 spiro atoms. The second-order valence-electron chi connectivity index (χ2n) is 11.6. The van der Waals surface area contributed by atoms with Crippen molar-refractivity contribution in [2.24, 2.45) is 47.3 Å². The van der Waals surface area contributed by atoms with Crippen LogP contribution in [0.5, 0.6) is 0 Å². The lowest BCUT2D eigenvalue weighted by atomic mass is 9.59. The summed E-state index contributed by atoms with van der Waals surface area (Å²) < 4.78 is 0. The molecule has 152 valence electrons. The largest absolute Gasteiger partial charge is 0.0620 e. The molecule has 0 amide bonds. The van der Waals surface area contributed by atoms with Gasteiger partial charge in [0.25, 0.3) is 0 Å². The lowest BCUT2D eigenvalue weighted by molar-refractivity contribution is 0.0537. The van der Waals surface area contributed by atoms with Gasteiger partial charge in [-0.2, -0.15) is 0 Å². The fraction of sp³-hybridized carbons (Fsp3) is 0.786. The Morgan fingerprint density at radius 1 is 0.464 bits per heavy atom. The average molecular weight is 377 g/mol. The predicted molar refractivity (Wildman–Crippen MR) is 117 cm³/mol. The van der Waals surface area contributed by atoms with E-state index in [0.717, 1.165) is 47.3 Å². The monoisotopic (exact) mass is 376 g/mol. The van der Waals surface area contributed by atoms with Gasteiger partial charge < -0.3 is 0 Å². The molecule has 1 aromatic rings. The van der Waals surface area contributed by atoms with E-state index < -0.39 is 0 Å². The molecule has 1 aromatic carbocycles. The summed E-state index contributed by atoms with van der Waals surface area (Å²) in [4.78, 5) is 0. The molecule has 4 saturated carbocycles. The zero-order valence-corrected chi connectivity index (χ0v) is 17.8. The molecule has 0 N–H and O–H groups in total. The smallest absolute Gasteiger partial charge is 0.0245 e. The third-order valence-electron chi connectivity index (χ3n) is 10.4. The Bertz CT molecular complexity index is 677. The van der Waals surface area contributed by atoms with Crippen molar-refractivity contribution in [3.05, 3.63) is 35.4 Å². The number of fused-ring (bicyclic) bond motifs is 3. The van der Waals surface area contributed by atoms with Gasteiger partial charge in [0.2, 0.25) is 0 Å². The molecule has 0 nitrogen and oxygen atoms in total. The van der Waals surface area contributed by atoms with Gasteiger partial charge in [0.05, 0.1) is 0 Å². The molecule has 0 radical (unpaired) electrons. The molecule has 28 heavy (non-hydrogen) atoms. The van der Waals surface area contributed by atoms with Crippen LogP contribution in [0.2, 0.25) is 0 Å². The summed E-state index contributed by atoms with van der Waals surface area (Å²) in [7, 11) is 0. The minimum atomic E-state index is 0.988. The van der Waals surface area contributed by atoms with Gasteiger partial charge in [0, 0.05) is 0 Å². The summed E-state index contributed by atoms with van der Waals surface area (Å²) in [6.07, 6.45) is 21.6. The summed E-state index contributed by atoms with van der Waals surface area (Å²) in [5, 5.41) is 0. The summed E-state index contributed by atoms with van der Waals surface area (Å²) in [6, 6.07) is 9.30. The second kappa shape index (κ2) is 7.48. The van der Waals surface area contributed by atoms with Gasteiger partial charge in [0.15, 0.2) is 0 Å². The van der Waals surface area contributed by atoms with Crippen molar-refractivity contribution in [2.45, 2.75) is 89.9 Å². The fourth-order valence-electron chi connectivity index (χ4n) is 8.94. The number of benzene rings is 1. The molecule has 7 unspecified atom stereocenters. The minimum Gasteiger partial charge on any atom is -0.0620 e. The molecule has 0 saturated heterocycles. The third kappa shape index (κ3) is 3.27. The number of hydrogen-bond donors (Lipinski definition) is 0. The molecule has 6 rings (SSSR count). The van der Waals surface area contributed by atoms with E-state index in [4.69, 9.17) is 0 Å². The van der Waals surface area contributed by atoms with E-state index in [1.807, 2.05) is 0 Å². The van der Waals surface area contributed by atoms with Crippen molar-refractivity contribution < 1.29 is 0 Å². The highest BCUT2D eigenvalue weighted by Crippen LogP contribution is 2.55. The van der Waals surface area contributed by atoms with Crippen molar-refractivity contribution in [1.29, 1.82) is 0 Å². The van der Waals surface area contributed by atoms with Gasteiger partial charge in [0.1, 0.15) is 0 Å². The number of aryl methyl sites for hydroxylation is 1. The standard InChI is InChI=1S/C28H40/c1-2-5-21-14-24(11-8-19(21)4-1)25-12-9-20-10-13-26(18-27(20)17-25)28-15-22-6-3-7-23(22)16-28/h1-2,4-5,20,22-28H,3,6-18H2. The lowest BCUT2D eigenvalue weighted by Gasteiger charge is -2.46. The summed E-state index contributed by atoms with van der Waals surface area (Å²) in [5.74, 6) is 8.74. The first-order chi connectivity index (χ1) is 13.8. The average Bonchev–Trinajstić information content (AvgIpc) is 3.35. The van der Waals surface area contributed by atoms with E-state index in [1.54, 1.807) is 81.8 Å². The zero-order valence-electron chi connectivity index (χ0n) is 17.8. The molecule has 0 heteroatoms. The number of hydrogen-bond acceptors (Lipinski definition) is 0. The van der Waals surface area contributed by atoms with Crippen LogP contribution in [0.25, 0.3) is 0 Å². The topological polar surface area (TPSA) is 0 Å². The molecule has 7 atom stereocenters. The normalized spacial score (nSPS) is 45.3. The molecule has 0 heterocycles. The van der Waals surface area contributed by atoms with Gasteiger partial charge in [-0.05, 0) is 129 Å². The highest BCUT2D eigenvalue weighted by atomic mass is 14.5. The van der Waals surface area contributed by atoms with Crippen molar-refractivity contribution in [3.63, 3.8) is 0 Å². The molecule has 0 aromatic heterocycles. The molecule has 5 aliphatic carbocycles. The van der Waals surface area contributed by atoms with Gasteiger partial charge in [-0.3, -0.25) is 0 Å². The van der Waals surface area contributed by atoms with E-state index in [1.165, 1.54) is 19.3 Å². The van der Waals surface area contributed by atoms with Gasteiger partial charge in [-0.25, -0.2) is 0 Å². The van der Waals surface area contributed by atoms with Crippen LogP contribution in [0, 0.1) is 47.3 Å². The Kier molecular flexibility index (Phi) is 4.82. The highest BCUT2D eigenvalue weighted by molar-refractivity contribution is 5.29. The quantitative estimate of drug-likeness (QED) is 0.503. The van der Waals surface area contributed by atoms with Crippen LogP contribution in [0.15, 0.2) is 24.3 Å². The predicted octanol–water partition coefficient (Wildman–Crippen LogP) is 7.45. The van der Waals surface area contributed by atoms with E-state index >= 15 is 0 Å². The van der Waals surface area contributed by atoms with Crippen LogP contribution in [-0.4, -0.2) is 0 Å². The minimum absolute atomic E-state index is 0.988. The molecule has 5 aliphatic rings. The van der Waals surface area contributed by atoms with Crippen LogP contribution >= 0.6 is 0 Å². The van der Waals surface area contributed by atoms with Crippen LogP contribution in [0.4, 0.5) is 0 Å². The molecule has 0 bridgehead atoms. The first-order valence-corrected chi connectivity index (χ1v) is 12.9. The van der Waals surface area contributed by atoms with Crippen LogP contribution in [0.1, 0.15) is 88.2 Å².